The Balaban J connectivity index is 2.58. The normalized spacial score (nSPS) is 13.9. The van der Waals surface area contributed by atoms with E-state index in [9.17, 15) is 14.3 Å². The Bertz CT molecular complexity index is 475. The first-order valence-corrected chi connectivity index (χ1v) is 7.23. The quantitative estimate of drug-likeness (QED) is 0.813. The van der Waals surface area contributed by atoms with Crippen molar-refractivity contribution < 1.29 is 19.0 Å². The van der Waals surface area contributed by atoms with E-state index >= 15 is 0 Å². The number of ether oxygens (including phenoxy) is 1. The molecule has 4 nitrogen and oxygen atoms in total. The molecule has 5 heteroatoms. The summed E-state index contributed by atoms with van der Waals surface area (Å²) in [5, 5.41) is 12.1. The van der Waals surface area contributed by atoms with Crippen LogP contribution in [0.2, 0.25) is 0 Å². The Morgan fingerprint density at radius 2 is 2.00 bits per heavy atom. The molecule has 0 fully saturated rings. The fraction of sp³-hybridized carbons (Fsp3) is 0.562. The minimum atomic E-state index is -0.774. The third-order valence-corrected chi connectivity index (χ3v) is 3.13. The highest BCUT2D eigenvalue weighted by Crippen LogP contribution is 2.22. The van der Waals surface area contributed by atoms with Gasteiger partial charge < -0.3 is 15.2 Å². The maximum absolute atomic E-state index is 13.8. The van der Waals surface area contributed by atoms with Crippen molar-refractivity contribution in [3.8, 4) is 5.75 Å². The van der Waals surface area contributed by atoms with Gasteiger partial charge in [0.1, 0.15) is 0 Å². The number of hydrogen-bond donors (Lipinski definition) is 2. The van der Waals surface area contributed by atoms with E-state index in [0.717, 1.165) is 6.42 Å². The van der Waals surface area contributed by atoms with Gasteiger partial charge in [0.05, 0.1) is 6.10 Å². The number of hydrogen-bond acceptors (Lipinski definition) is 3. The number of aliphatic hydroxyl groups excluding tert-OH is 1. The van der Waals surface area contributed by atoms with Crippen LogP contribution >= 0.6 is 0 Å². The number of aliphatic hydroxyl groups is 1. The molecule has 0 aliphatic carbocycles. The summed E-state index contributed by atoms with van der Waals surface area (Å²) < 4.78 is 19.2. The molecular formula is C16H24FNO3. The average Bonchev–Trinajstić information content (AvgIpc) is 2.40. The second-order valence-corrected chi connectivity index (χ2v) is 5.60. The van der Waals surface area contributed by atoms with Gasteiger partial charge in [-0.05, 0) is 43.9 Å². The summed E-state index contributed by atoms with van der Waals surface area (Å²) in [5.74, 6) is -0.345. The lowest BCUT2D eigenvalue weighted by molar-refractivity contribution is -0.127. The number of rotatable bonds is 7. The van der Waals surface area contributed by atoms with Crippen molar-refractivity contribution >= 4 is 5.91 Å². The summed E-state index contributed by atoms with van der Waals surface area (Å²) in [6.45, 7) is 7.86. The molecule has 0 heterocycles. The number of nitrogens with one attached hydrogen (secondary N) is 1. The van der Waals surface area contributed by atoms with Crippen LogP contribution in [0.1, 0.15) is 45.8 Å². The van der Waals surface area contributed by atoms with E-state index in [0.29, 0.717) is 18.0 Å². The second kappa shape index (κ2) is 7.98. The van der Waals surface area contributed by atoms with Gasteiger partial charge in [0.15, 0.2) is 17.7 Å². The Morgan fingerprint density at radius 3 is 2.52 bits per heavy atom. The first-order valence-electron chi connectivity index (χ1n) is 7.23. The third kappa shape index (κ3) is 5.71. The minimum absolute atomic E-state index is 0.00547. The van der Waals surface area contributed by atoms with Crippen LogP contribution in [0.4, 0.5) is 4.39 Å². The van der Waals surface area contributed by atoms with E-state index in [4.69, 9.17) is 4.74 Å². The van der Waals surface area contributed by atoms with Crippen LogP contribution in [0, 0.1) is 11.7 Å². The average molecular weight is 297 g/mol. The summed E-state index contributed by atoms with van der Waals surface area (Å²) in [6, 6.07) is 4.21. The minimum Gasteiger partial charge on any atom is -0.478 e. The Morgan fingerprint density at radius 1 is 1.33 bits per heavy atom. The predicted molar refractivity (Wildman–Crippen MR) is 79.6 cm³/mol. The standard InChI is InChI=1S/C16H24FNO3/c1-10(2)7-8-18-16(20)12(4)21-15-6-5-13(11(3)19)9-14(15)17/h5-6,9-12,19H,7-8H2,1-4H3,(H,18,20)/t11-,12?/m0/s1. The number of carbonyl (C=O) groups excluding carboxylic acids is 1. The van der Waals surface area contributed by atoms with Gasteiger partial charge in [-0.25, -0.2) is 4.39 Å². The van der Waals surface area contributed by atoms with Crippen molar-refractivity contribution in [3.05, 3.63) is 29.6 Å². The van der Waals surface area contributed by atoms with Gasteiger partial charge in [0.2, 0.25) is 0 Å². The van der Waals surface area contributed by atoms with Crippen molar-refractivity contribution in [1.29, 1.82) is 0 Å². The van der Waals surface area contributed by atoms with Crippen molar-refractivity contribution in [1.82, 2.24) is 5.32 Å². The number of benzene rings is 1. The summed E-state index contributed by atoms with van der Waals surface area (Å²) in [7, 11) is 0. The fourth-order valence-corrected chi connectivity index (χ4v) is 1.74. The van der Waals surface area contributed by atoms with Crippen LogP contribution in [0.5, 0.6) is 5.75 Å². The molecule has 0 saturated heterocycles. The summed E-state index contributed by atoms with van der Waals surface area (Å²) in [4.78, 5) is 11.8. The largest absolute Gasteiger partial charge is 0.478 e. The van der Waals surface area contributed by atoms with Gasteiger partial charge in [-0.3, -0.25) is 4.79 Å². The highest BCUT2D eigenvalue weighted by atomic mass is 19.1. The monoisotopic (exact) mass is 297 g/mol. The lowest BCUT2D eigenvalue weighted by Crippen LogP contribution is -2.37. The molecule has 0 bridgehead atoms. The van der Waals surface area contributed by atoms with Crippen molar-refractivity contribution in [2.75, 3.05) is 6.54 Å². The zero-order valence-electron chi connectivity index (χ0n) is 13.0. The lowest BCUT2D eigenvalue weighted by Gasteiger charge is -2.16. The molecule has 2 atom stereocenters. The van der Waals surface area contributed by atoms with Crippen LogP contribution in [0.15, 0.2) is 18.2 Å². The Labute approximate surface area is 125 Å². The Hall–Kier alpha value is -1.62. The van der Waals surface area contributed by atoms with E-state index in [2.05, 4.69) is 19.2 Å². The van der Waals surface area contributed by atoms with Crippen LogP contribution in [-0.2, 0) is 4.79 Å². The molecule has 0 saturated carbocycles. The molecule has 2 N–H and O–H groups in total. The van der Waals surface area contributed by atoms with Gasteiger partial charge in [0, 0.05) is 6.54 Å². The molecule has 1 amide bonds. The zero-order chi connectivity index (χ0) is 16.0. The molecule has 0 spiro atoms. The molecule has 1 aromatic rings. The topological polar surface area (TPSA) is 58.6 Å². The van der Waals surface area contributed by atoms with Crippen LogP contribution in [-0.4, -0.2) is 23.7 Å². The van der Waals surface area contributed by atoms with Gasteiger partial charge in [-0.2, -0.15) is 0 Å². The summed E-state index contributed by atoms with van der Waals surface area (Å²) in [5.41, 5.74) is 0.467. The molecule has 0 aromatic heterocycles. The van der Waals surface area contributed by atoms with Crippen molar-refractivity contribution in [3.63, 3.8) is 0 Å². The summed E-state index contributed by atoms with van der Waals surface area (Å²) in [6.07, 6.45) is -0.634. The predicted octanol–water partition coefficient (Wildman–Crippen LogP) is 2.81. The van der Waals surface area contributed by atoms with E-state index in [-0.39, 0.29) is 11.7 Å². The Kier molecular flexibility index (Phi) is 6.62. The molecular weight excluding hydrogens is 273 g/mol. The van der Waals surface area contributed by atoms with E-state index < -0.39 is 18.0 Å². The van der Waals surface area contributed by atoms with Crippen LogP contribution in [0.3, 0.4) is 0 Å². The van der Waals surface area contributed by atoms with Gasteiger partial charge >= 0.3 is 0 Å². The number of halogens is 1. The van der Waals surface area contributed by atoms with Crippen LogP contribution < -0.4 is 10.1 Å². The first-order chi connectivity index (χ1) is 9.81. The molecule has 0 radical (unpaired) electrons. The molecule has 21 heavy (non-hydrogen) atoms. The maximum Gasteiger partial charge on any atom is 0.260 e. The van der Waals surface area contributed by atoms with Crippen molar-refractivity contribution in [2.24, 2.45) is 5.92 Å². The van der Waals surface area contributed by atoms with E-state index in [1.165, 1.54) is 12.1 Å². The number of amides is 1. The van der Waals surface area contributed by atoms with Gasteiger partial charge in [-0.15, -0.1) is 0 Å². The molecule has 0 aliphatic heterocycles. The fourth-order valence-electron chi connectivity index (χ4n) is 1.74. The lowest BCUT2D eigenvalue weighted by atomic mass is 10.1. The highest BCUT2D eigenvalue weighted by Gasteiger charge is 2.17. The van der Waals surface area contributed by atoms with Gasteiger partial charge in [-0.1, -0.05) is 19.9 Å². The molecule has 1 aromatic carbocycles. The van der Waals surface area contributed by atoms with E-state index in [1.807, 2.05) is 0 Å². The first kappa shape index (κ1) is 17.4. The molecule has 118 valence electrons. The second-order valence-electron chi connectivity index (χ2n) is 5.60. The smallest absolute Gasteiger partial charge is 0.260 e. The number of carbonyl (C=O) groups is 1. The van der Waals surface area contributed by atoms with Gasteiger partial charge in [0.25, 0.3) is 5.91 Å². The summed E-state index contributed by atoms with van der Waals surface area (Å²) >= 11 is 0. The van der Waals surface area contributed by atoms with Crippen LogP contribution in [0.25, 0.3) is 0 Å². The van der Waals surface area contributed by atoms with E-state index in [1.54, 1.807) is 19.9 Å². The highest BCUT2D eigenvalue weighted by molar-refractivity contribution is 5.80. The molecule has 1 rings (SSSR count). The zero-order valence-corrected chi connectivity index (χ0v) is 13.0. The molecule has 1 unspecified atom stereocenters. The molecule has 0 aliphatic rings. The third-order valence-electron chi connectivity index (χ3n) is 3.13. The van der Waals surface area contributed by atoms with Crippen molar-refractivity contribution in [2.45, 2.75) is 46.3 Å². The SMILES string of the molecule is CC(C)CCNC(=O)C(C)Oc1ccc([C@H](C)O)cc1F. The maximum atomic E-state index is 13.8.